The van der Waals surface area contributed by atoms with Gasteiger partial charge in [-0.3, -0.25) is 4.79 Å². The summed E-state index contributed by atoms with van der Waals surface area (Å²) in [5, 5.41) is 9.49. The van der Waals surface area contributed by atoms with Gasteiger partial charge in [0.1, 0.15) is 11.4 Å². The Labute approximate surface area is 218 Å². The van der Waals surface area contributed by atoms with Crippen LogP contribution in [0.4, 0.5) is 28.8 Å². The molecule has 1 aromatic heterocycles. The molecule has 0 saturated carbocycles. The first kappa shape index (κ1) is 24.8. The molecule has 3 N–H and O–H groups in total. The molecular weight excluding hydrogens is 462 g/mol. The van der Waals surface area contributed by atoms with Crippen LogP contribution in [0.3, 0.4) is 0 Å². The van der Waals surface area contributed by atoms with Gasteiger partial charge in [0.15, 0.2) is 0 Å². The highest BCUT2D eigenvalue weighted by atomic mass is 16.1. The van der Waals surface area contributed by atoms with E-state index < -0.39 is 0 Å². The van der Waals surface area contributed by atoms with Gasteiger partial charge in [0.25, 0.3) is 5.91 Å². The maximum atomic E-state index is 12.8. The molecule has 0 radical (unpaired) electrons. The van der Waals surface area contributed by atoms with Crippen molar-refractivity contribution >= 4 is 34.7 Å². The van der Waals surface area contributed by atoms with E-state index in [2.05, 4.69) is 86.6 Å². The van der Waals surface area contributed by atoms with Crippen LogP contribution in [0.1, 0.15) is 40.7 Å². The van der Waals surface area contributed by atoms with Crippen LogP contribution in [0.2, 0.25) is 0 Å². The lowest BCUT2D eigenvalue weighted by Crippen LogP contribution is -2.44. The fraction of sp³-hybridized carbons (Fsp3) is 0.345. The Hall–Kier alpha value is -3.91. The molecular formula is C29H35N7O. The number of carbonyl (C=O) groups is 1. The third-order valence-corrected chi connectivity index (χ3v) is 7.22. The minimum absolute atomic E-state index is 0.250. The van der Waals surface area contributed by atoms with Crippen molar-refractivity contribution in [3.8, 4) is 0 Å². The third kappa shape index (κ3) is 5.75. The van der Waals surface area contributed by atoms with Crippen LogP contribution in [0.25, 0.3) is 0 Å². The molecule has 1 saturated heterocycles. The Kier molecular flexibility index (Phi) is 7.37. The second kappa shape index (κ2) is 11.0. The Morgan fingerprint density at radius 1 is 1.08 bits per heavy atom. The number of likely N-dealkylation sites (N-methyl/N-ethyl adjacent to an activating group) is 1. The topological polar surface area (TPSA) is 85.4 Å². The van der Waals surface area contributed by atoms with E-state index >= 15 is 0 Å². The van der Waals surface area contributed by atoms with Crippen molar-refractivity contribution in [3.05, 3.63) is 78.0 Å². The van der Waals surface area contributed by atoms with E-state index in [4.69, 9.17) is 0 Å². The van der Waals surface area contributed by atoms with Gasteiger partial charge in [-0.1, -0.05) is 19.1 Å². The number of fused-ring (bicyclic) bond motifs is 1. The smallest absolute Gasteiger partial charge is 0.256 e. The molecule has 192 valence electrons. The zero-order valence-electron chi connectivity index (χ0n) is 21.6. The Morgan fingerprint density at radius 2 is 1.84 bits per heavy atom. The summed E-state index contributed by atoms with van der Waals surface area (Å²) in [6.45, 7) is 10.5. The molecule has 1 unspecified atom stereocenters. The molecule has 0 spiro atoms. The molecule has 1 atom stereocenters. The maximum absolute atomic E-state index is 12.8. The summed E-state index contributed by atoms with van der Waals surface area (Å²) in [6.07, 6.45) is 5.49. The molecule has 0 bridgehead atoms. The number of anilines is 5. The normalized spacial score (nSPS) is 17.2. The van der Waals surface area contributed by atoms with Gasteiger partial charge in [-0.25, -0.2) is 4.98 Å². The minimum atomic E-state index is -0.250. The van der Waals surface area contributed by atoms with Crippen LogP contribution < -0.4 is 20.9 Å². The number of rotatable bonds is 8. The number of benzene rings is 2. The zero-order valence-corrected chi connectivity index (χ0v) is 21.6. The summed E-state index contributed by atoms with van der Waals surface area (Å²) in [5.74, 6) is 1.16. The van der Waals surface area contributed by atoms with Crippen LogP contribution in [0.5, 0.6) is 0 Å². The molecule has 3 aromatic rings. The number of hydrogen-bond acceptors (Lipinski definition) is 7. The molecule has 37 heavy (non-hydrogen) atoms. The van der Waals surface area contributed by atoms with Crippen molar-refractivity contribution in [2.75, 3.05) is 55.3 Å². The molecule has 2 aliphatic rings. The number of aryl methyl sites for hydroxylation is 1. The highest BCUT2D eigenvalue weighted by Gasteiger charge is 2.20. The largest absolute Gasteiger partial charge is 0.369 e. The highest BCUT2D eigenvalue weighted by molar-refractivity contribution is 5.99. The highest BCUT2D eigenvalue weighted by Crippen LogP contribution is 2.35. The second-order valence-electron chi connectivity index (χ2n) is 9.90. The predicted octanol–water partition coefficient (Wildman–Crippen LogP) is 4.68. The molecule has 8 nitrogen and oxygen atoms in total. The van der Waals surface area contributed by atoms with Crippen molar-refractivity contribution in [1.82, 2.24) is 20.2 Å². The number of carbonyl (C=O) groups excluding carboxylic acids is 1. The maximum Gasteiger partial charge on any atom is 0.256 e. The number of nitrogens with zero attached hydrogens (tertiary/aromatic N) is 4. The van der Waals surface area contributed by atoms with E-state index in [1.54, 1.807) is 12.3 Å². The quantitative estimate of drug-likeness (QED) is 0.390. The third-order valence-electron chi connectivity index (χ3n) is 7.22. The summed E-state index contributed by atoms with van der Waals surface area (Å²) in [6, 6.07) is 14.7. The van der Waals surface area contributed by atoms with Gasteiger partial charge in [0, 0.05) is 56.0 Å². The lowest BCUT2D eigenvalue weighted by atomic mass is 10.0. The molecule has 2 heterocycles. The molecule has 1 fully saturated rings. The van der Waals surface area contributed by atoms with Crippen molar-refractivity contribution < 1.29 is 4.79 Å². The van der Waals surface area contributed by atoms with E-state index in [-0.39, 0.29) is 5.91 Å². The first-order valence-electron chi connectivity index (χ1n) is 13.0. The summed E-state index contributed by atoms with van der Waals surface area (Å²) >= 11 is 0. The monoisotopic (exact) mass is 497 g/mol. The molecule has 2 aromatic carbocycles. The van der Waals surface area contributed by atoms with E-state index in [1.165, 1.54) is 23.2 Å². The molecule has 1 aliphatic carbocycles. The van der Waals surface area contributed by atoms with E-state index in [1.807, 2.05) is 12.1 Å². The number of nitrogens with one attached hydrogen (secondary N) is 3. The summed E-state index contributed by atoms with van der Waals surface area (Å²) in [4.78, 5) is 26.7. The zero-order chi connectivity index (χ0) is 25.8. The number of piperazine rings is 1. The Morgan fingerprint density at radius 3 is 2.59 bits per heavy atom. The molecule has 1 amide bonds. The standard InChI is InChI=1S/C29H35N7O/c1-4-13-30-28(37)26-19-31-29(33-22-9-11-24(12-10-22)36-16-14-35(3)15-17-36)34-27(26)32-23-8-7-21-6-5-20(2)25(21)18-23/h4,7-12,18-20H,1,5-6,13-17H2,2-3H3,(H,30,37)(H2,31,32,33,34). The molecule has 1 aliphatic heterocycles. The Bertz CT molecular complexity index is 1270. The average Bonchev–Trinajstić information content (AvgIpc) is 3.28. The first-order valence-corrected chi connectivity index (χ1v) is 13.0. The van der Waals surface area contributed by atoms with Crippen LogP contribution in [-0.2, 0) is 6.42 Å². The van der Waals surface area contributed by atoms with Crippen LogP contribution in [0.15, 0.2) is 61.3 Å². The first-order chi connectivity index (χ1) is 18.0. The molecule has 8 heteroatoms. The lowest BCUT2D eigenvalue weighted by Gasteiger charge is -2.34. The minimum Gasteiger partial charge on any atom is -0.369 e. The van der Waals surface area contributed by atoms with Crippen molar-refractivity contribution in [1.29, 1.82) is 0 Å². The summed E-state index contributed by atoms with van der Waals surface area (Å²) < 4.78 is 0. The van der Waals surface area contributed by atoms with E-state index in [0.29, 0.717) is 29.8 Å². The van der Waals surface area contributed by atoms with E-state index in [0.717, 1.165) is 44.0 Å². The number of aromatic nitrogens is 2. The van der Waals surface area contributed by atoms with Gasteiger partial charge in [0.2, 0.25) is 5.95 Å². The number of hydrogen-bond donors (Lipinski definition) is 3. The van der Waals surface area contributed by atoms with Gasteiger partial charge >= 0.3 is 0 Å². The second-order valence-corrected chi connectivity index (χ2v) is 9.90. The average molecular weight is 498 g/mol. The van der Waals surface area contributed by atoms with Gasteiger partial charge in [-0.05, 0) is 73.3 Å². The van der Waals surface area contributed by atoms with Gasteiger partial charge in [-0.15, -0.1) is 6.58 Å². The Balaban J connectivity index is 1.36. The lowest BCUT2D eigenvalue weighted by molar-refractivity contribution is 0.0958. The SMILES string of the molecule is C=CCNC(=O)c1cnc(Nc2ccc(N3CCN(C)CC3)cc2)nc1Nc1ccc2c(c1)C(C)CC2. The van der Waals surface area contributed by atoms with Gasteiger partial charge in [0.05, 0.1) is 0 Å². The fourth-order valence-electron chi connectivity index (χ4n) is 4.94. The molecule has 5 rings (SSSR count). The summed E-state index contributed by atoms with van der Waals surface area (Å²) in [7, 11) is 2.16. The number of amides is 1. The van der Waals surface area contributed by atoms with Crippen LogP contribution in [0, 0.1) is 0 Å². The fourth-order valence-corrected chi connectivity index (χ4v) is 4.94. The predicted molar refractivity (Wildman–Crippen MR) is 150 cm³/mol. The van der Waals surface area contributed by atoms with Gasteiger partial charge in [-0.2, -0.15) is 4.98 Å². The van der Waals surface area contributed by atoms with E-state index in [9.17, 15) is 4.79 Å². The van der Waals surface area contributed by atoms with Crippen LogP contribution in [-0.4, -0.2) is 60.5 Å². The van der Waals surface area contributed by atoms with Gasteiger partial charge < -0.3 is 25.8 Å². The van der Waals surface area contributed by atoms with Crippen molar-refractivity contribution in [2.45, 2.75) is 25.7 Å². The van der Waals surface area contributed by atoms with Crippen LogP contribution >= 0.6 is 0 Å². The summed E-state index contributed by atoms with van der Waals surface area (Å²) in [5.41, 5.74) is 6.14. The van der Waals surface area contributed by atoms with Crippen molar-refractivity contribution in [2.24, 2.45) is 0 Å². The van der Waals surface area contributed by atoms with Crippen molar-refractivity contribution in [3.63, 3.8) is 0 Å².